The van der Waals surface area contributed by atoms with Gasteiger partial charge >= 0.3 is 5.69 Å². The number of nitrogens with one attached hydrogen (secondary N) is 2. The number of carbonyl (C=O) groups is 1. The van der Waals surface area contributed by atoms with E-state index in [2.05, 4.69) is 20.7 Å². The molecule has 20 heavy (non-hydrogen) atoms. The summed E-state index contributed by atoms with van der Waals surface area (Å²) in [7, 11) is 1.63. The molecule has 2 rings (SSSR count). The fourth-order valence-corrected chi connectivity index (χ4v) is 1.89. The van der Waals surface area contributed by atoms with E-state index in [0.29, 0.717) is 25.2 Å². The van der Waals surface area contributed by atoms with Crippen molar-refractivity contribution in [3.63, 3.8) is 0 Å². The van der Waals surface area contributed by atoms with E-state index in [1.165, 1.54) is 4.57 Å². The van der Waals surface area contributed by atoms with E-state index in [1.54, 1.807) is 7.05 Å². The monoisotopic (exact) mass is 281 g/mol. The molecule has 110 valence electrons. The second-order valence-corrected chi connectivity index (χ2v) is 5.08. The Labute approximate surface area is 116 Å². The molecule has 1 atom stereocenters. The molecule has 0 aromatic carbocycles. The Bertz CT molecular complexity index is 572. The third kappa shape index (κ3) is 3.06. The van der Waals surface area contributed by atoms with Crippen LogP contribution in [0.5, 0.6) is 0 Å². The third-order valence-electron chi connectivity index (χ3n) is 3.27. The van der Waals surface area contributed by atoms with Crippen molar-refractivity contribution in [1.82, 2.24) is 20.1 Å². The molecule has 0 saturated heterocycles. The minimum Gasteiger partial charge on any atom is -0.382 e. The number of aromatic amines is 1. The average molecular weight is 281 g/mol. The van der Waals surface area contributed by atoms with Gasteiger partial charge in [-0.1, -0.05) is 19.0 Å². The average Bonchev–Trinajstić information content (AvgIpc) is 3.01. The highest BCUT2D eigenvalue weighted by Gasteiger charge is 2.28. The number of hydrogen-bond acceptors (Lipinski definition) is 5. The van der Waals surface area contributed by atoms with Gasteiger partial charge in [0.1, 0.15) is 5.82 Å². The zero-order valence-corrected chi connectivity index (χ0v) is 11.8. The maximum Gasteiger partial charge on any atom is 0.343 e. The van der Waals surface area contributed by atoms with Crippen molar-refractivity contribution < 1.29 is 9.63 Å². The number of H-pyrrole nitrogens is 1. The van der Waals surface area contributed by atoms with Crippen LogP contribution < -0.4 is 11.0 Å². The topological polar surface area (TPSA) is 101 Å². The first-order valence-electron chi connectivity index (χ1n) is 6.59. The van der Waals surface area contributed by atoms with E-state index in [4.69, 9.17) is 4.84 Å². The molecule has 0 aliphatic carbocycles. The molecule has 0 radical (unpaired) electrons. The van der Waals surface area contributed by atoms with Gasteiger partial charge in [0.2, 0.25) is 6.10 Å². The maximum absolute atomic E-state index is 11.9. The molecule has 1 aliphatic rings. The smallest absolute Gasteiger partial charge is 0.343 e. The molecule has 0 fully saturated rings. The van der Waals surface area contributed by atoms with E-state index < -0.39 is 6.10 Å². The van der Waals surface area contributed by atoms with Crippen molar-refractivity contribution >= 4 is 11.6 Å². The highest BCUT2D eigenvalue weighted by molar-refractivity contribution is 5.93. The van der Waals surface area contributed by atoms with Crippen LogP contribution in [0.1, 0.15) is 26.1 Å². The molecule has 1 aromatic heterocycles. The van der Waals surface area contributed by atoms with Gasteiger partial charge in [0.15, 0.2) is 0 Å². The third-order valence-corrected chi connectivity index (χ3v) is 3.27. The van der Waals surface area contributed by atoms with Gasteiger partial charge in [-0.2, -0.15) is 5.10 Å². The van der Waals surface area contributed by atoms with Crippen LogP contribution in [-0.4, -0.2) is 39.0 Å². The highest BCUT2D eigenvalue weighted by atomic mass is 16.6. The Kier molecular flexibility index (Phi) is 4.21. The van der Waals surface area contributed by atoms with E-state index in [9.17, 15) is 9.59 Å². The summed E-state index contributed by atoms with van der Waals surface area (Å²) in [5, 5.41) is 12.9. The van der Waals surface area contributed by atoms with Gasteiger partial charge < -0.3 is 10.2 Å². The number of nitrogens with zero attached hydrogens (tertiary/aromatic N) is 3. The van der Waals surface area contributed by atoms with Gasteiger partial charge in [-0.25, -0.2) is 9.89 Å². The fraction of sp³-hybridized carbons (Fsp3) is 0.667. The zero-order chi connectivity index (χ0) is 14.7. The van der Waals surface area contributed by atoms with Gasteiger partial charge in [0.25, 0.3) is 5.91 Å². The second kappa shape index (κ2) is 5.89. The molecule has 8 nitrogen and oxygen atoms in total. The molecular weight excluding hydrogens is 262 g/mol. The molecule has 2 N–H and O–H groups in total. The number of hydrogen-bond donors (Lipinski definition) is 2. The second-order valence-electron chi connectivity index (χ2n) is 5.08. The lowest BCUT2D eigenvalue weighted by atomic mass is 10.0. The van der Waals surface area contributed by atoms with Crippen LogP contribution in [-0.2, 0) is 23.1 Å². The lowest BCUT2D eigenvalue weighted by Crippen LogP contribution is -2.36. The zero-order valence-electron chi connectivity index (χ0n) is 11.8. The highest BCUT2D eigenvalue weighted by Crippen LogP contribution is 2.15. The van der Waals surface area contributed by atoms with Crippen LogP contribution in [0.15, 0.2) is 9.95 Å². The molecule has 0 spiro atoms. The van der Waals surface area contributed by atoms with Crippen molar-refractivity contribution in [2.24, 2.45) is 18.1 Å². The summed E-state index contributed by atoms with van der Waals surface area (Å²) < 4.78 is 1.41. The molecule has 1 unspecified atom stereocenters. The summed E-state index contributed by atoms with van der Waals surface area (Å²) in [6.07, 6.45) is 0.464. The normalized spacial score (nSPS) is 18.0. The quantitative estimate of drug-likeness (QED) is 0.764. The summed E-state index contributed by atoms with van der Waals surface area (Å²) in [5.74, 6) is 0.693. The van der Waals surface area contributed by atoms with Crippen LogP contribution >= 0.6 is 0 Å². The lowest BCUT2D eigenvalue weighted by molar-refractivity contribution is -0.131. The van der Waals surface area contributed by atoms with Crippen LogP contribution in [0.4, 0.5) is 0 Å². The number of rotatable bonds is 5. The molecule has 8 heteroatoms. The van der Waals surface area contributed by atoms with E-state index >= 15 is 0 Å². The standard InChI is InChI=1S/C12H19N5O3/c1-7(2)8-6-9(20-16-8)11(18)13-5-4-10-14-15-12(19)17(10)3/h7,9H,4-6H2,1-3H3,(H,13,18)(H,15,19). The predicted molar refractivity (Wildman–Crippen MR) is 72.3 cm³/mol. The van der Waals surface area contributed by atoms with E-state index in [1.807, 2.05) is 13.8 Å². The Morgan fingerprint density at radius 2 is 2.35 bits per heavy atom. The summed E-state index contributed by atoms with van der Waals surface area (Å²) in [4.78, 5) is 28.2. The Balaban J connectivity index is 1.77. The first-order chi connectivity index (χ1) is 9.49. The van der Waals surface area contributed by atoms with Crippen molar-refractivity contribution in [2.75, 3.05) is 6.54 Å². The molecule has 1 aliphatic heterocycles. The van der Waals surface area contributed by atoms with Crippen molar-refractivity contribution in [1.29, 1.82) is 0 Å². The largest absolute Gasteiger partial charge is 0.382 e. The number of oxime groups is 1. The molecular formula is C12H19N5O3. The number of amides is 1. The van der Waals surface area contributed by atoms with Gasteiger partial charge in [0.05, 0.1) is 5.71 Å². The predicted octanol–water partition coefficient (Wildman–Crippen LogP) is -0.432. The summed E-state index contributed by atoms with van der Waals surface area (Å²) in [6, 6.07) is 0. The molecule has 2 heterocycles. The van der Waals surface area contributed by atoms with Crippen molar-refractivity contribution in [3.8, 4) is 0 Å². The van der Waals surface area contributed by atoms with Crippen LogP contribution in [0.25, 0.3) is 0 Å². The lowest BCUT2D eigenvalue weighted by Gasteiger charge is -2.09. The van der Waals surface area contributed by atoms with E-state index in [-0.39, 0.29) is 17.5 Å². The van der Waals surface area contributed by atoms with Gasteiger partial charge in [-0.05, 0) is 5.92 Å². The minimum absolute atomic E-state index is 0.190. The van der Waals surface area contributed by atoms with Crippen LogP contribution in [0, 0.1) is 5.92 Å². The van der Waals surface area contributed by atoms with Gasteiger partial charge in [-0.15, -0.1) is 0 Å². The fourth-order valence-electron chi connectivity index (χ4n) is 1.89. The van der Waals surface area contributed by atoms with Gasteiger partial charge in [-0.3, -0.25) is 9.36 Å². The number of aromatic nitrogens is 3. The minimum atomic E-state index is -0.546. The first kappa shape index (κ1) is 14.3. The summed E-state index contributed by atoms with van der Waals surface area (Å²) in [5.41, 5.74) is 0.639. The van der Waals surface area contributed by atoms with Crippen LogP contribution in [0.2, 0.25) is 0 Å². The maximum atomic E-state index is 11.9. The molecule has 0 saturated carbocycles. The Morgan fingerprint density at radius 1 is 1.60 bits per heavy atom. The molecule has 1 aromatic rings. The summed E-state index contributed by atoms with van der Waals surface area (Å²) >= 11 is 0. The Morgan fingerprint density at radius 3 is 2.90 bits per heavy atom. The number of carbonyl (C=O) groups excluding carboxylic acids is 1. The summed E-state index contributed by atoms with van der Waals surface area (Å²) in [6.45, 7) is 4.43. The first-order valence-corrected chi connectivity index (χ1v) is 6.59. The molecule has 1 amide bonds. The van der Waals surface area contributed by atoms with E-state index in [0.717, 1.165) is 5.71 Å². The molecule has 0 bridgehead atoms. The van der Waals surface area contributed by atoms with Crippen molar-refractivity contribution in [3.05, 3.63) is 16.3 Å². The van der Waals surface area contributed by atoms with Crippen molar-refractivity contribution in [2.45, 2.75) is 32.8 Å². The van der Waals surface area contributed by atoms with Gasteiger partial charge in [0, 0.05) is 26.4 Å². The SMILES string of the molecule is CC(C)C1=NOC(C(=O)NCCc2n[nH]c(=O)n2C)C1. The Hall–Kier alpha value is -2.12. The van der Waals surface area contributed by atoms with Crippen LogP contribution in [0.3, 0.4) is 0 Å².